The van der Waals surface area contributed by atoms with Gasteiger partial charge in [0.05, 0.1) is 26.9 Å². The summed E-state index contributed by atoms with van der Waals surface area (Å²) in [5.74, 6) is -0.0503. The third-order valence-corrected chi connectivity index (χ3v) is 2.92. The SMILES string of the molecule is COC(=O)C(O)c1c(Br)ccc(OC)c1OC. The molecule has 17 heavy (non-hydrogen) atoms. The van der Waals surface area contributed by atoms with Crippen molar-refractivity contribution >= 4 is 21.9 Å². The summed E-state index contributed by atoms with van der Waals surface area (Å²) in [4.78, 5) is 11.3. The number of aliphatic hydroxyl groups is 1. The first-order chi connectivity index (χ1) is 8.06. The highest BCUT2D eigenvalue weighted by Gasteiger charge is 2.26. The van der Waals surface area contributed by atoms with E-state index in [-0.39, 0.29) is 5.56 Å². The van der Waals surface area contributed by atoms with E-state index < -0.39 is 12.1 Å². The van der Waals surface area contributed by atoms with E-state index in [1.165, 1.54) is 21.3 Å². The molecule has 94 valence electrons. The third-order valence-electron chi connectivity index (χ3n) is 2.23. The number of methoxy groups -OCH3 is 3. The Hall–Kier alpha value is -1.27. The monoisotopic (exact) mass is 304 g/mol. The second-order valence-corrected chi connectivity index (χ2v) is 3.98. The minimum atomic E-state index is -1.43. The number of halogens is 1. The quantitative estimate of drug-likeness (QED) is 0.857. The Morgan fingerprint density at radius 2 is 1.94 bits per heavy atom. The smallest absolute Gasteiger partial charge is 0.339 e. The van der Waals surface area contributed by atoms with Crippen LogP contribution in [0.3, 0.4) is 0 Å². The fourth-order valence-corrected chi connectivity index (χ4v) is 1.94. The molecule has 0 amide bonds. The predicted octanol–water partition coefficient (Wildman–Crippen LogP) is 1.67. The number of rotatable bonds is 4. The van der Waals surface area contributed by atoms with Crippen molar-refractivity contribution in [2.75, 3.05) is 21.3 Å². The van der Waals surface area contributed by atoms with Crippen LogP contribution in [0.1, 0.15) is 11.7 Å². The standard InChI is InChI=1S/C11H13BrO5/c1-15-7-5-4-6(12)8(10(7)16-2)9(13)11(14)17-3/h4-5,9,13H,1-3H3. The zero-order valence-corrected chi connectivity index (χ0v) is 11.3. The maximum Gasteiger partial charge on any atom is 0.339 e. The molecule has 0 aliphatic carbocycles. The van der Waals surface area contributed by atoms with Gasteiger partial charge in [0, 0.05) is 4.47 Å². The lowest BCUT2D eigenvalue weighted by Gasteiger charge is -2.17. The van der Waals surface area contributed by atoms with Crippen LogP contribution in [-0.2, 0) is 9.53 Å². The van der Waals surface area contributed by atoms with E-state index in [1.54, 1.807) is 12.1 Å². The highest BCUT2D eigenvalue weighted by atomic mass is 79.9. The first-order valence-electron chi connectivity index (χ1n) is 4.73. The number of esters is 1. The van der Waals surface area contributed by atoms with Gasteiger partial charge in [-0.15, -0.1) is 0 Å². The zero-order valence-electron chi connectivity index (χ0n) is 9.69. The molecule has 5 nitrogen and oxygen atoms in total. The molecule has 1 rings (SSSR count). The maximum absolute atomic E-state index is 11.3. The molecule has 0 bridgehead atoms. The fraction of sp³-hybridized carbons (Fsp3) is 0.364. The number of carbonyl (C=O) groups excluding carboxylic acids is 1. The molecule has 0 fully saturated rings. The maximum atomic E-state index is 11.3. The van der Waals surface area contributed by atoms with E-state index in [9.17, 15) is 9.90 Å². The van der Waals surface area contributed by atoms with Crippen LogP contribution >= 0.6 is 15.9 Å². The minimum Gasteiger partial charge on any atom is -0.493 e. The van der Waals surface area contributed by atoms with Crippen molar-refractivity contribution in [1.29, 1.82) is 0 Å². The Kier molecular flexibility index (Phi) is 4.77. The van der Waals surface area contributed by atoms with E-state index >= 15 is 0 Å². The molecule has 1 aromatic carbocycles. The summed E-state index contributed by atoms with van der Waals surface area (Å²) in [5, 5.41) is 9.86. The Bertz CT molecular complexity index is 419. The van der Waals surface area contributed by atoms with Gasteiger partial charge >= 0.3 is 5.97 Å². The van der Waals surface area contributed by atoms with Gasteiger partial charge in [0.15, 0.2) is 17.6 Å². The minimum absolute atomic E-state index is 0.277. The molecule has 1 unspecified atom stereocenters. The lowest BCUT2D eigenvalue weighted by atomic mass is 10.1. The predicted molar refractivity (Wildman–Crippen MR) is 64.2 cm³/mol. The van der Waals surface area contributed by atoms with Crippen molar-refractivity contribution in [1.82, 2.24) is 0 Å². The molecule has 0 aliphatic heterocycles. The van der Waals surface area contributed by atoms with E-state index in [0.717, 1.165) is 0 Å². The Morgan fingerprint density at radius 3 is 2.41 bits per heavy atom. The number of aliphatic hydroxyl groups excluding tert-OH is 1. The molecule has 1 N–H and O–H groups in total. The first-order valence-corrected chi connectivity index (χ1v) is 5.52. The molecule has 0 saturated carbocycles. The van der Waals surface area contributed by atoms with Crippen LogP contribution in [0.15, 0.2) is 16.6 Å². The average Bonchev–Trinajstić information content (AvgIpc) is 2.36. The van der Waals surface area contributed by atoms with Gasteiger partial charge in [-0.1, -0.05) is 15.9 Å². The van der Waals surface area contributed by atoms with E-state index in [1.807, 2.05) is 0 Å². The van der Waals surface area contributed by atoms with Crippen molar-refractivity contribution in [3.05, 3.63) is 22.2 Å². The van der Waals surface area contributed by atoms with Gasteiger partial charge in [-0.25, -0.2) is 4.79 Å². The number of hydrogen-bond donors (Lipinski definition) is 1. The van der Waals surface area contributed by atoms with Gasteiger partial charge < -0.3 is 19.3 Å². The van der Waals surface area contributed by atoms with Gasteiger partial charge in [-0.05, 0) is 12.1 Å². The summed E-state index contributed by atoms with van der Waals surface area (Å²) in [6, 6.07) is 3.32. The molecule has 0 aliphatic rings. The molecular weight excluding hydrogens is 292 g/mol. The van der Waals surface area contributed by atoms with E-state index in [2.05, 4.69) is 20.7 Å². The van der Waals surface area contributed by atoms with Gasteiger partial charge in [0.2, 0.25) is 0 Å². The van der Waals surface area contributed by atoms with Crippen LogP contribution in [-0.4, -0.2) is 32.4 Å². The summed E-state index contributed by atoms with van der Waals surface area (Å²) < 4.78 is 15.3. The van der Waals surface area contributed by atoms with Crippen LogP contribution < -0.4 is 9.47 Å². The van der Waals surface area contributed by atoms with Crippen LogP contribution in [0.4, 0.5) is 0 Å². The number of carbonyl (C=O) groups is 1. The molecule has 0 spiro atoms. The lowest BCUT2D eigenvalue weighted by molar-refractivity contribution is -0.150. The van der Waals surface area contributed by atoms with Crippen molar-refractivity contribution in [2.24, 2.45) is 0 Å². The summed E-state index contributed by atoms with van der Waals surface area (Å²) >= 11 is 3.25. The van der Waals surface area contributed by atoms with Crippen LogP contribution in [0.5, 0.6) is 11.5 Å². The molecule has 6 heteroatoms. The molecular formula is C11H13BrO5. The highest BCUT2D eigenvalue weighted by molar-refractivity contribution is 9.10. The van der Waals surface area contributed by atoms with E-state index in [0.29, 0.717) is 16.0 Å². The molecule has 0 heterocycles. The molecule has 1 aromatic rings. The molecule has 0 aromatic heterocycles. The Labute approximate surface area is 107 Å². The summed E-state index contributed by atoms with van der Waals surface area (Å²) in [7, 11) is 4.10. The Balaban J connectivity index is 3.34. The van der Waals surface area contributed by atoms with Crippen molar-refractivity contribution in [2.45, 2.75) is 6.10 Å². The molecule has 0 saturated heterocycles. The number of ether oxygens (including phenoxy) is 3. The molecule has 1 atom stereocenters. The molecule has 0 radical (unpaired) electrons. The van der Waals surface area contributed by atoms with E-state index in [4.69, 9.17) is 9.47 Å². The van der Waals surface area contributed by atoms with Gasteiger partial charge in [0.1, 0.15) is 0 Å². The highest BCUT2D eigenvalue weighted by Crippen LogP contribution is 2.40. The van der Waals surface area contributed by atoms with Crippen LogP contribution in [0, 0.1) is 0 Å². The Morgan fingerprint density at radius 1 is 1.29 bits per heavy atom. The number of hydrogen-bond acceptors (Lipinski definition) is 5. The second kappa shape index (κ2) is 5.88. The summed E-state index contributed by atoms with van der Waals surface area (Å²) in [5.41, 5.74) is 0.277. The topological polar surface area (TPSA) is 65.0 Å². The van der Waals surface area contributed by atoms with Gasteiger partial charge in [-0.3, -0.25) is 0 Å². The number of benzene rings is 1. The fourth-order valence-electron chi connectivity index (χ4n) is 1.41. The average molecular weight is 305 g/mol. The zero-order chi connectivity index (χ0) is 13.0. The van der Waals surface area contributed by atoms with Crippen molar-refractivity contribution in [3.8, 4) is 11.5 Å². The van der Waals surface area contributed by atoms with Crippen LogP contribution in [0.2, 0.25) is 0 Å². The normalized spacial score (nSPS) is 11.8. The van der Waals surface area contributed by atoms with Crippen molar-refractivity contribution in [3.63, 3.8) is 0 Å². The summed E-state index contributed by atoms with van der Waals surface area (Å²) in [6.45, 7) is 0. The van der Waals surface area contributed by atoms with Crippen molar-refractivity contribution < 1.29 is 24.1 Å². The third kappa shape index (κ3) is 2.70. The first kappa shape index (κ1) is 13.8. The lowest BCUT2D eigenvalue weighted by Crippen LogP contribution is -2.15. The second-order valence-electron chi connectivity index (χ2n) is 3.12. The van der Waals surface area contributed by atoms with Gasteiger partial charge in [-0.2, -0.15) is 0 Å². The summed E-state index contributed by atoms with van der Waals surface area (Å²) in [6.07, 6.45) is -1.43. The van der Waals surface area contributed by atoms with Gasteiger partial charge in [0.25, 0.3) is 0 Å². The van der Waals surface area contributed by atoms with Crippen LogP contribution in [0.25, 0.3) is 0 Å². The largest absolute Gasteiger partial charge is 0.493 e.